The van der Waals surface area contributed by atoms with Crippen LogP contribution in [0, 0.1) is 6.92 Å². The molecule has 0 atom stereocenters. The summed E-state index contributed by atoms with van der Waals surface area (Å²) in [5.74, 6) is -0.102. The highest BCUT2D eigenvalue weighted by molar-refractivity contribution is 6.34. The third-order valence-corrected chi connectivity index (χ3v) is 3.92. The van der Waals surface area contributed by atoms with Gasteiger partial charge in [0.05, 0.1) is 11.4 Å². The lowest BCUT2D eigenvalue weighted by molar-refractivity contribution is -0.115. The largest absolute Gasteiger partial charge is 0.325 e. The Hall–Kier alpha value is -2.13. The Morgan fingerprint density at radius 3 is 2.67 bits per heavy atom. The highest BCUT2D eigenvalue weighted by atomic mass is 35.5. The number of carbonyl (C=O) groups is 2. The molecule has 0 fully saturated rings. The molecule has 0 aliphatic carbocycles. The second kappa shape index (κ2) is 5.34. The molecular formula is C17H14ClNO2. The molecule has 2 aromatic rings. The van der Waals surface area contributed by atoms with Crippen molar-refractivity contribution in [1.82, 2.24) is 0 Å². The summed E-state index contributed by atoms with van der Waals surface area (Å²) in [6.45, 7) is 2.01. The second-order valence-electron chi connectivity index (χ2n) is 5.30. The molecule has 1 aliphatic heterocycles. The molecule has 0 aromatic heterocycles. The summed E-state index contributed by atoms with van der Waals surface area (Å²) < 4.78 is 0. The first-order valence-corrected chi connectivity index (χ1v) is 7.12. The fraction of sp³-hybridized carbons (Fsp3) is 0.176. The van der Waals surface area contributed by atoms with Gasteiger partial charge < -0.3 is 5.32 Å². The van der Waals surface area contributed by atoms with Crippen molar-refractivity contribution < 1.29 is 9.59 Å². The van der Waals surface area contributed by atoms with E-state index in [4.69, 9.17) is 11.6 Å². The van der Waals surface area contributed by atoms with Crippen LogP contribution in [-0.2, 0) is 17.6 Å². The molecule has 2 aromatic carbocycles. The van der Waals surface area contributed by atoms with Crippen molar-refractivity contribution in [2.45, 2.75) is 19.8 Å². The van der Waals surface area contributed by atoms with Gasteiger partial charge in [-0.25, -0.2) is 0 Å². The van der Waals surface area contributed by atoms with E-state index in [-0.39, 0.29) is 11.7 Å². The zero-order valence-corrected chi connectivity index (χ0v) is 12.3. The molecule has 1 aliphatic rings. The number of anilines is 1. The minimum absolute atomic E-state index is 0.0361. The number of hydrogen-bond acceptors (Lipinski definition) is 2. The van der Waals surface area contributed by atoms with E-state index in [0.717, 1.165) is 16.7 Å². The number of ketones is 1. The van der Waals surface area contributed by atoms with Crippen LogP contribution in [0.25, 0.3) is 0 Å². The van der Waals surface area contributed by atoms with E-state index in [1.807, 2.05) is 31.2 Å². The minimum atomic E-state index is -0.0656. The molecule has 1 amide bonds. The van der Waals surface area contributed by atoms with Crippen molar-refractivity contribution in [1.29, 1.82) is 0 Å². The van der Waals surface area contributed by atoms with Gasteiger partial charge in [0.1, 0.15) is 0 Å². The van der Waals surface area contributed by atoms with E-state index in [1.54, 1.807) is 12.1 Å². The lowest BCUT2D eigenvalue weighted by Gasteiger charge is -2.07. The number of fused-ring (bicyclic) bond motifs is 1. The molecule has 1 N–H and O–H groups in total. The van der Waals surface area contributed by atoms with Gasteiger partial charge in [-0.15, -0.1) is 0 Å². The number of carbonyl (C=O) groups excluding carboxylic acids is 2. The predicted molar refractivity (Wildman–Crippen MR) is 83.0 cm³/mol. The number of halogens is 1. The van der Waals surface area contributed by atoms with Crippen molar-refractivity contribution in [3.8, 4) is 0 Å². The normalized spacial score (nSPS) is 13.0. The first kappa shape index (κ1) is 13.8. The van der Waals surface area contributed by atoms with Crippen molar-refractivity contribution in [2.75, 3.05) is 5.32 Å². The first-order chi connectivity index (χ1) is 10.0. The predicted octanol–water partition coefficient (Wildman–Crippen LogP) is 3.57. The van der Waals surface area contributed by atoms with E-state index in [2.05, 4.69) is 5.32 Å². The maximum absolute atomic E-state index is 12.4. The third kappa shape index (κ3) is 2.83. The van der Waals surface area contributed by atoms with E-state index in [0.29, 0.717) is 29.1 Å². The molecule has 106 valence electrons. The van der Waals surface area contributed by atoms with Gasteiger partial charge in [0.15, 0.2) is 5.78 Å². The Bertz CT molecular complexity index is 735. The Labute approximate surface area is 127 Å². The second-order valence-corrected chi connectivity index (χ2v) is 5.71. The monoisotopic (exact) mass is 299 g/mol. The van der Waals surface area contributed by atoms with Crippen LogP contribution < -0.4 is 5.32 Å². The number of amides is 1. The topological polar surface area (TPSA) is 46.2 Å². The van der Waals surface area contributed by atoms with E-state index < -0.39 is 0 Å². The van der Waals surface area contributed by atoms with Crippen molar-refractivity contribution in [2.24, 2.45) is 0 Å². The van der Waals surface area contributed by atoms with Crippen LogP contribution in [0.5, 0.6) is 0 Å². The van der Waals surface area contributed by atoms with Crippen LogP contribution in [0.3, 0.4) is 0 Å². The van der Waals surface area contributed by atoms with Gasteiger partial charge in [-0.2, -0.15) is 0 Å². The van der Waals surface area contributed by atoms with Crippen molar-refractivity contribution in [3.63, 3.8) is 0 Å². The first-order valence-electron chi connectivity index (χ1n) is 6.74. The molecule has 0 spiro atoms. The van der Waals surface area contributed by atoms with Crippen LogP contribution >= 0.6 is 11.6 Å². The number of nitrogens with one attached hydrogen (secondary N) is 1. The average molecular weight is 300 g/mol. The van der Waals surface area contributed by atoms with Crippen molar-refractivity contribution in [3.05, 3.63) is 63.7 Å². The maximum atomic E-state index is 12.4. The number of benzene rings is 2. The lowest BCUT2D eigenvalue weighted by atomic mass is 9.99. The molecule has 3 rings (SSSR count). The molecule has 4 heteroatoms. The summed E-state index contributed by atoms with van der Waals surface area (Å²) in [7, 11) is 0. The molecule has 0 saturated carbocycles. The standard InChI is InChI=1S/C17H14ClNO2/c1-10-2-4-11(5-3-10)6-16(20)13-7-12-8-17(21)19-15(12)9-14(13)18/h2-5,7,9H,6,8H2,1H3,(H,19,21). The van der Waals surface area contributed by atoms with E-state index in [9.17, 15) is 9.59 Å². The zero-order valence-electron chi connectivity index (χ0n) is 11.6. The van der Waals surface area contributed by atoms with Gasteiger partial charge in [-0.3, -0.25) is 9.59 Å². The van der Waals surface area contributed by atoms with Gasteiger partial charge in [0.2, 0.25) is 5.91 Å². The van der Waals surface area contributed by atoms with Crippen molar-refractivity contribution >= 4 is 29.0 Å². The van der Waals surface area contributed by atoms with Gasteiger partial charge in [-0.1, -0.05) is 41.4 Å². The zero-order chi connectivity index (χ0) is 15.0. The highest BCUT2D eigenvalue weighted by Gasteiger charge is 2.21. The van der Waals surface area contributed by atoms with Gasteiger partial charge in [-0.05, 0) is 30.2 Å². The summed E-state index contributed by atoms with van der Waals surface area (Å²) >= 11 is 6.17. The molecular weight excluding hydrogens is 286 g/mol. The third-order valence-electron chi connectivity index (χ3n) is 3.60. The number of Topliss-reactive ketones (excluding diaryl/α,β-unsaturated/α-hetero) is 1. The molecule has 0 bridgehead atoms. The summed E-state index contributed by atoms with van der Waals surface area (Å²) in [4.78, 5) is 23.8. The molecule has 0 saturated heterocycles. The molecule has 0 unspecified atom stereocenters. The van der Waals surface area contributed by atoms with Crippen LogP contribution in [0.15, 0.2) is 36.4 Å². The summed E-state index contributed by atoms with van der Waals surface area (Å²) in [5.41, 5.74) is 4.13. The maximum Gasteiger partial charge on any atom is 0.228 e. The fourth-order valence-electron chi connectivity index (χ4n) is 2.45. The summed E-state index contributed by atoms with van der Waals surface area (Å²) in [5, 5.41) is 3.11. The number of rotatable bonds is 3. The van der Waals surface area contributed by atoms with Crippen LogP contribution in [0.2, 0.25) is 5.02 Å². The Balaban J connectivity index is 1.87. The van der Waals surface area contributed by atoms with Gasteiger partial charge in [0.25, 0.3) is 0 Å². The van der Waals surface area contributed by atoms with Gasteiger partial charge >= 0.3 is 0 Å². The number of aryl methyl sites for hydroxylation is 1. The Morgan fingerprint density at radius 2 is 1.95 bits per heavy atom. The van der Waals surface area contributed by atoms with E-state index >= 15 is 0 Å². The van der Waals surface area contributed by atoms with Crippen LogP contribution in [0.4, 0.5) is 5.69 Å². The lowest BCUT2D eigenvalue weighted by Crippen LogP contribution is -2.05. The smallest absolute Gasteiger partial charge is 0.228 e. The quantitative estimate of drug-likeness (QED) is 0.881. The molecule has 3 nitrogen and oxygen atoms in total. The molecule has 0 radical (unpaired) electrons. The van der Waals surface area contributed by atoms with Crippen LogP contribution in [-0.4, -0.2) is 11.7 Å². The highest BCUT2D eigenvalue weighted by Crippen LogP contribution is 2.30. The number of hydrogen-bond donors (Lipinski definition) is 1. The summed E-state index contributed by atoms with van der Waals surface area (Å²) in [6.07, 6.45) is 0.609. The fourth-order valence-corrected chi connectivity index (χ4v) is 2.72. The Kier molecular flexibility index (Phi) is 3.52. The molecule has 1 heterocycles. The Morgan fingerprint density at radius 1 is 1.24 bits per heavy atom. The van der Waals surface area contributed by atoms with Gasteiger partial charge in [0, 0.05) is 17.7 Å². The van der Waals surface area contributed by atoms with E-state index in [1.165, 1.54) is 0 Å². The summed E-state index contributed by atoms with van der Waals surface area (Å²) in [6, 6.07) is 11.2. The minimum Gasteiger partial charge on any atom is -0.325 e. The van der Waals surface area contributed by atoms with Crippen LogP contribution in [0.1, 0.15) is 27.0 Å². The SMILES string of the molecule is Cc1ccc(CC(=O)c2cc3c(cc2Cl)NC(=O)C3)cc1. The molecule has 21 heavy (non-hydrogen) atoms. The average Bonchev–Trinajstić information content (AvgIpc) is 2.79.